The molecule has 20 heavy (non-hydrogen) atoms. The van der Waals surface area contributed by atoms with Crippen LogP contribution in [0.25, 0.3) is 16.4 Å². The fraction of sp³-hybridized carbons (Fsp3) is 0.125. The first kappa shape index (κ1) is 12.2. The number of nitriles is 1. The molecular weight excluding hydrogens is 252 g/mol. The maximum Gasteiger partial charge on any atom is 0.339 e. The number of aromatic nitrogens is 1. The zero-order chi connectivity index (χ0) is 14.3. The van der Waals surface area contributed by atoms with Gasteiger partial charge in [0.1, 0.15) is 6.07 Å². The Morgan fingerprint density at radius 3 is 2.75 bits per heavy atom. The first-order valence-electron chi connectivity index (χ1n) is 6.19. The van der Waals surface area contributed by atoms with Crippen LogP contribution in [0.2, 0.25) is 0 Å². The lowest BCUT2D eigenvalue weighted by molar-refractivity contribution is 0.0599. The van der Waals surface area contributed by atoms with E-state index in [2.05, 4.69) is 6.07 Å². The summed E-state index contributed by atoms with van der Waals surface area (Å²) in [6.45, 7) is 1.77. The third-order valence-electron chi connectivity index (χ3n) is 3.56. The van der Waals surface area contributed by atoms with Crippen molar-refractivity contribution >= 4 is 22.4 Å². The predicted octanol–water partition coefficient (Wildman–Crippen LogP) is 3.06. The Kier molecular flexibility index (Phi) is 2.69. The summed E-state index contributed by atoms with van der Waals surface area (Å²) in [5.74, 6) is -0.432. The number of pyridine rings is 1. The van der Waals surface area contributed by atoms with Crippen molar-refractivity contribution in [3.05, 3.63) is 53.2 Å². The summed E-state index contributed by atoms with van der Waals surface area (Å²) in [6.07, 6.45) is 1.74. The minimum atomic E-state index is -0.432. The van der Waals surface area contributed by atoms with Crippen LogP contribution in [0.4, 0.5) is 0 Å². The molecular formula is C16H12N2O2. The van der Waals surface area contributed by atoms with Crippen molar-refractivity contribution in [1.82, 2.24) is 4.40 Å². The van der Waals surface area contributed by atoms with Crippen LogP contribution in [0.3, 0.4) is 0 Å². The summed E-state index contributed by atoms with van der Waals surface area (Å²) >= 11 is 0. The van der Waals surface area contributed by atoms with E-state index in [1.165, 1.54) is 7.11 Å². The molecule has 0 fully saturated rings. The summed E-state index contributed by atoms with van der Waals surface area (Å²) in [6, 6.07) is 12.0. The van der Waals surface area contributed by atoms with E-state index in [0.717, 1.165) is 16.4 Å². The lowest BCUT2D eigenvalue weighted by Crippen LogP contribution is -2.07. The smallest absolute Gasteiger partial charge is 0.339 e. The SMILES string of the molecule is COC(=O)c1cn2c(cc3ccccc32)c(C#N)c1C. The van der Waals surface area contributed by atoms with Gasteiger partial charge >= 0.3 is 5.97 Å². The zero-order valence-corrected chi connectivity index (χ0v) is 11.2. The molecule has 3 rings (SSSR count). The quantitative estimate of drug-likeness (QED) is 0.635. The molecule has 0 unspecified atom stereocenters. The zero-order valence-electron chi connectivity index (χ0n) is 11.2. The molecule has 0 atom stereocenters. The number of carbonyl (C=O) groups is 1. The van der Waals surface area contributed by atoms with Crippen molar-refractivity contribution in [2.75, 3.05) is 7.11 Å². The van der Waals surface area contributed by atoms with Crippen molar-refractivity contribution in [3.63, 3.8) is 0 Å². The first-order valence-corrected chi connectivity index (χ1v) is 6.19. The molecule has 3 aromatic rings. The van der Waals surface area contributed by atoms with Gasteiger partial charge in [-0.3, -0.25) is 0 Å². The number of benzene rings is 1. The van der Waals surface area contributed by atoms with Gasteiger partial charge in [-0.05, 0) is 24.6 Å². The molecule has 4 heteroatoms. The second-order valence-electron chi connectivity index (χ2n) is 4.60. The summed E-state index contributed by atoms with van der Waals surface area (Å²) in [7, 11) is 1.34. The Hall–Kier alpha value is -2.80. The molecule has 0 radical (unpaired) electrons. The third kappa shape index (κ3) is 1.57. The second kappa shape index (κ2) is 4.39. The lowest BCUT2D eigenvalue weighted by Gasteiger charge is -2.08. The van der Waals surface area contributed by atoms with Gasteiger partial charge in [0.25, 0.3) is 0 Å². The number of esters is 1. The molecule has 0 N–H and O–H groups in total. The maximum atomic E-state index is 11.9. The Bertz CT molecular complexity index is 885. The number of fused-ring (bicyclic) bond motifs is 3. The van der Waals surface area contributed by atoms with Crippen LogP contribution in [-0.2, 0) is 4.74 Å². The second-order valence-corrected chi connectivity index (χ2v) is 4.60. The summed E-state index contributed by atoms with van der Waals surface area (Å²) in [5.41, 5.74) is 3.33. The number of methoxy groups -OCH3 is 1. The predicted molar refractivity (Wildman–Crippen MR) is 75.7 cm³/mol. The molecule has 0 amide bonds. The van der Waals surface area contributed by atoms with E-state index in [-0.39, 0.29) is 0 Å². The number of hydrogen-bond acceptors (Lipinski definition) is 3. The molecule has 0 saturated carbocycles. The van der Waals surface area contributed by atoms with Crippen LogP contribution >= 0.6 is 0 Å². The minimum Gasteiger partial charge on any atom is -0.465 e. The van der Waals surface area contributed by atoms with Crippen LogP contribution < -0.4 is 0 Å². The number of rotatable bonds is 1. The largest absolute Gasteiger partial charge is 0.465 e. The van der Waals surface area contributed by atoms with Crippen molar-refractivity contribution in [3.8, 4) is 6.07 Å². The average Bonchev–Trinajstić information content (AvgIpc) is 2.84. The maximum absolute atomic E-state index is 11.9. The average molecular weight is 264 g/mol. The van der Waals surface area contributed by atoms with E-state index in [1.54, 1.807) is 13.1 Å². The van der Waals surface area contributed by atoms with Gasteiger partial charge in [0.15, 0.2) is 0 Å². The minimum absolute atomic E-state index is 0.415. The molecule has 0 aliphatic carbocycles. The van der Waals surface area contributed by atoms with Gasteiger partial charge in [0, 0.05) is 11.6 Å². The topological polar surface area (TPSA) is 54.5 Å². The van der Waals surface area contributed by atoms with Gasteiger partial charge in [-0.15, -0.1) is 0 Å². The highest BCUT2D eigenvalue weighted by Crippen LogP contribution is 2.26. The fourth-order valence-electron chi connectivity index (χ4n) is 2.52. The third-order valence-corrected chi connectivity index (χ3v) is 3.56. The highest BCUT2D eigenvalue weighted by atomic mass is 16.5. The summed E-state index contributed by atoms with van der Waals surface area (Å²) in [5, 5.41) is 10.4. The van der Waals surface area contributed by atoms with Gasteiger partial charge < -0.3 is 9.14 Å². The van der Waals surface area contributed by atoms with Crippen LogP contribution in [0.5, 0.6) is 0 Å². The molecule has 0 bridgehead atoms. The number of para-hydroxylation sites is 1. The van der Waals surface area contributed by atoms with Gasteiger partial charge in [0.05, 0.1) is 29.3 Å². The molecule has 98 valence electrons. The molecule has 0 spiro atoms. The Labute approximate surface area is 115 Å². The monoisotopic (exact) mass is 264 g/mol. The van der Waals surface area contributed by atoms with E-state index < -0.39 is 5.97 Å². The summed E-state index contributed by atoms with van der Waals surface area (Å²) in [4.78, 5) is 11.9. The molecule has 1 aromatic carbocycles. The number of carbonyl (C=O) groups excluding carboxylic acids is 1. The highest BCUT2D eigenvalue weighted by Gasteiger charge is 2.17. The van der Waals surface area contributed by atoms with Crippen molar-refractivity contribution in [1.29, 1.82) is 5.26 Å². The number of hydrogen-bond donors (Lipinski definition) is 0. The molecule has 4 nitrogen and oxygen atoms in total. The standard InChI is InChI=1S/C16H12N2O2/c1-10-12(8-17)15-7-11-5-3-4-6-14(11)18(15)9-13(10)16(19)20-2/h3-7,9H,1-2H3. The highest BCUT2D eigenvalue weighted by molar-refractivity contribution is 5.96. The Morgan fingerprint density at radius 1 is 1.30 bits per heavy atom. The van der Waals surface area contributed by atoms with E-state index in [1.807, 2.05) is 34.7 Å². The van der Waals surface area contributed by atoms with Crippen molar-refractivity contribution in [2.24, 2.45) is 0 Å². The van der Waals surface area contributed by atoms with Crippen LogP contribution in [0.1, 0.15) is 21.5 Å². The van der Waals surface area contributed by atoms with Crippen LogP contribution in [0.15, 0.2) is 36.5 Å². The van der Waals surface area contributed by atoms with Crippen molar-refractivity contribution in [2.45, 2.75) is 6.92 Å². The normalized spacial score (nSPS) is 10.7. The number of ether oxygens (including phenoxy) is 1. The van der Waals surface area contributed by atoms with Gasteiger partial charge in [-0.1, -0.05) is 18.2 Å². The molecule has 0 aliphatic rings. The molecule has 0 aliphatic heterocycles. The Morgan fingerprint density at radius 2 is 2.05 bits per heavy atom. The Balaban J connectivity index is 2.51. The van der Waals surface area contributed by atoms with Crippen LogP contribution in [0, 0.1) is 18.3 Å². The number of nitrogens with zero attached hydrogens (tertiary/aromatic N) is 2. The van der Waals surface area contributed by atoms with Gasteiger partial charge in [0.2, 0.25) is 0 Å². The fourth-order valence-corrected chi connectivity index (χ4v) is 2.52. The van der Waals surface area contributed by atoms with Gasteiger partial charge in [-0.2, -0.15) is 5.26 Å². The lowest BCUT2D eigenvalue weighted by atomic mass is 10.0. The molecule has 2 heterocycles. The summed E-state index contributed by atoms with van der Waals surface area (Å²) < 4.78 is 6.66. The molecule has 2 aromatic heterocycles. The van der Waals surface area contributed by atoms with E-state index in [0.29, 0.717) is 16.7 Å². The first-order chi connectivity index (χ1) is 9.67. The van der Waals surface area contributed by atoms with E-state index >= 15 is 0 Å². The van der Waals surface area contributed by atoms with E-state index in [9.17, 15) is 10.1 Å². The van der Waals surface area contributed by atoms with E-state index in [4.69, 9.17) is 4.74 Å². The van der Waals surface area contributed by atoms with Crippen molar-refractivity contribution < 1.29 is 9.53 Å². The van der Waals surface area contributed by atoms with Crippen LogP contribution in [-0.4, -0.2) is 17.5 Å². The molecule has 0 saturated heterocycles. The van der Waals surface area contributed by atoms with Gasteiger partial charge in [-0.25, -0.2) is 4.79 Å².